The molecule has 0 heterocycles. The molecule has 0 saturated heterocycles. The van der Waals surface area contributed by atoms with Crippen molar-refractivity contribution in [2.75, 3.05) is 19.4 Å². The third-order valence-corrected chi connectivity index (χ3v) is 5.47. The Kier molecular flexibility index (Phi) is 6.12. The van der Waals surface area contributed by atoms with Gasteiger partial charge in [-0.2, -0.15) is 0 Å². The Labute approximate surface area is 153 Å². The Balaban J connectivity index is 2.06. The lowest BCUT2D eigenvalue weighted by Crippen LogP contribution is -2.41. The largest absolute Gasteiger partial charge is 0.341 e. The van der Waals surface area contributed by atoms with Crippen LogP contribution in [0.25, 0.3) is 0 Å². The van der Waals surface area contributed by atoms with Crippen LogP contribution < -0.4 is 10.6 Å². The molecule has 0 saturated carbocycles. The SMILES string of the molecule is CC(NC(=O)c1ccccc1)C(=O)Nc1cccc(S(=O)(=O)N(C)C)c1. The third-order valence-electron chi connectivity index (χ3n) is 3.66. The molecular formula is C18H21N3O4S. The Morgan fingerprint density at radius 1 is 1.00 bits per heavy atom. The minimum absolute atomic E-state index is 0.0706. The fourth-order valence-corrected chi connectivity index (χ4v) is 3.08. The summed E-state index contributed by atoms with van der Waals surface area (Å²) >= 11 is 0. The molecule has 138 valence electrons. The normalized spacial score (nSPS) is 12.5. The van der Waals surface area contributed by atoms with Crippen LogP contribution in [0.4, 0.5) is 5.69 Å². The average molecular weight is 375 g/mol. The van der Waals surface area contributed by atoms with E-state index in [4.69, 9.17) is 0 Å². The van der Waals surface area contributed by atoms with Gasteiger partial charge >= 0.3 is 0 Å². The summed E-state index contributed by atoms with van der Waals surface area (Å²) in [5.74, 6) is -0.814. The van der Waals surface area contributed by atoms with E-state index in [1.165, 1.54) is 26.2 Å². The molecule has 0 aliphatic carbocycles. The van der Waals surface area contributed by atoms with E-state index in [9.17, 15) is 18.0 Å². The lowest BCUT2D eigenvalue weighted by molar-refractivity contribution is -0.117. The second-order valence-electron chi connectivity index (χ2n) is 5.87. The Hall–Kier alpha value is -2.71. The molecule has 0 radical (unpaired) electrons. The van der Waals surface area contributed by atoms with Gasteiger partial charge in [0, 0.05) is 25.3 Å². The van der Waals surface area contributed by atoms with Crippen molar-refractivity contribution in [3.8, 4) is 0 Å². The van der Waals surface area contributed by atoms with Gasteiger partial charge in [-0.25, -0.2) is 12.7 Å². The predicted octanol–water partition coefficient (Wildman–Crippen LogP) is 1.69. The molecule has 7 nitrogen and oxygen atoms in total. The second-order valence-corrected chi connectivity index (χ2v) is 8.02. The first-order valence-corrected chi connectivity index (χ1v) is 9.35. The van der Waals surface area contributed by atoms with Gasteiger partial charge in [-0.1, -0.05) is 24.3 Å². The number of carbonyl (C=O) groups excluding carboxylic acids is 2. The highest BCUT2D eigenvalue weighted by Crippen LogP contribution is 2.18. The third kappa shape index (κ3) is 4.68. The molecule has 0 spiro atoms. The fraction of sp³-hybridized carbons (Fsp3) is 0.222. The van der Waals surface area contributed by atoms with Crippen molar-refractivity contribution in [3.63, 3.8) is 0 Å². The summed E-state index contributed by atoms with van der Waals surface area (Å²) in [5, 5.41) is 5.22. The number of anilines is 1. The van der Waals surface area contributed by atoms with Gasteiger partial charge in [0.25, 0.3) is 5.91 Å². The molecule has 2 amide bonds. The zero-order chi connectivity index (χ0) is 19.3. The molecule has 2 N–H and O–H groups in total. The van der Waals surface area contributed by atoms with Gasteiger partial charge in [0.05, 0.1) is 4.90 Å². The first-order valence-electron chi connectivity index (χ1n) is 7.91. The van der Waals surface area contributed by atoms with E-state index in [2.05, 4.69) is 10.6 Å². The smallest absolute Gasteiger partial charge is 0.251 e. The van der Waals surface area contributed by atoms with Crippen molar-refractivity contribution in [1.29, 1.82) is 0 Å². The summed E-state index contributed by atoms with van der Waals surface area (Å²) in [4.78, 5) is 24.5. The number of rotatable bonds is 6. The minimum Gasteiger partial charge on any atom is -0.341 e. The number of sulfonamides is 1. The molecule has 0 bridgehead atoms. The number of hydrogen-bond donors (Lipinski definition) is 2. The standard InChI is InChI=1S/C18H21N3O4S/c1-13(19-18(23)14-8-5-4-6-9-14)17(22)20-15-10-7-11-16(12-15)26(24,25)21(2)3/h4-13H,1-3H3,(H,19,23)(H,20,22). The first-order chi connectivity index (χ1) is 12.2. The monoisotopic (exact) mass is 375 g/mol. The highest BCUT2D eigenvalue weighted by atomic mass is 32.2. The Morgan fingerprint density at radius 3 is 2.27 bits per heavy atom. The van der Waals surface area contributed by atoms with Gasteiger partial charge in [0.15, 0.2) is 0 Å². The molecule has 0 aromatic heterocycles. The zero-order valence-corrected chi connectivity index (χ0v) is 15.6. The zero-order valence-electron chi connectivity index (χ0n) is 14.8. The number of benzene rings is 2. The highest BCUT2D eigenvalue weighted by molar-refractivity contribution is 7.89. The van der Waals surface area contributed by atoms with E-state index in [1.807, 2.05) is 0 Å². The lowest BCUT2D eigenvalue weighted by atomic mass is 10.2. The predicted molar refractivity (Wildman–Crippen MR) is 99.3 cm³/mol. The van der Waals surface area contributed by atoms with Crippen molar-refractivity contribution in [2.24, 2.45) is 0 Å². The van der Waals surface area contributed by atoms with Crippen LogP contribution in [0.1, 0.15) is 17.3 Å². The van der Waals surface area contributed by atoms with Crippen molar-refractivity contribution in [1.82, 2.24) is 9.62 Å². The molecule has 2 rings (SSSR count). The number of hydrogen-bond acceptors (Lipinski definition) is 4. The van der Waals surface area contributed by atoms with Crippen LogP contribution in [-0.2, 0) is 14.8 Å². The minimum atomic E-state index is -3.60. The van der Waals surface area contributed by atoms with Crippen LogP contribution in [0, 0.1) is 0 Å². The molecule has 1 unspecified atom stereocenters. The van der Waals surface area contributed by atoms with Crippen molar-refractivity contribution in [3.05, 3.63) is 60.2 Å². The van der Waals surface area contributed by atoms with Crippen LogP contribution >= 0.6 is 0 Å². The maximum atomic E-state index is 12.3. The van der Waals surface area contributed by atoms with Gasteiger partial charge in [-0.15, -0.1) is 0 Å². The molecular weight excluding hydrogens is 354 g/mol. The van der Waals surface area contributed by atoms with E-state index in [-0.39, 0.29) is 10.8 Å². The van der Waals surface area contributed by atoms with Gasteiger partial charge in [-0.3, -0.25) is 9.59 Å². The molecule has 2 aromatic rings. The summed E-state index contributed by atoms with van der Waals surface area (Å²) in [5.41, 5.74) is 0.782. The fourth-order valence-electron chi connectivity index (χ4n) is 2.13. The lowest BCUT2D eigenvalue weighted by Gasteiger charge is -2.15. The maximum absolute atomic E-state index is 12.3. The van der Waals surface area contributed by atoms with E-state index >= 15 is 0 Å². The number of nitrogens with zero attached hydrogens (tertiary/aromatic N) is 1. The Morgan fingerprint density at radius 2 is 1.65 bits per heavy atom. The van der Waals surface area contributed by atoms with Gasteiger partial charge < -0.3 is 10.6 Å². The molecule has 26 heavy (non-hydrogen) atoms. The van der Waals surface area contributed by atoms with Gasteiger partial charge in [0.1, 0.15) is 6.04 Å². The van der Waals surface area contributed by atoms with Crippen LogP contribution in [0.5, 0.6) is 0 Å². The molecule has 0 aliphatic rings. The highest BCUT2D eigenvalue weighted by Gasteiger charge is 2.19. The molecule has 0 fully saturated rings. The Bertz CT molecular complexity index is 896. The van der Waals surface area contributed by atoms with E-state index in [0.717, 1.165) is 4.31 Å². The summed E-state index contributed by atoms with van der Waals surface area (Å²) in [6.07, 6.45) is 0. The average Bonchev–Trinajstić information content (AvgIpc) is 2.62. The number of carbonyl (C=O) groups is 2. The topological polar surface area (TPSA) is 95.6 Å². The molecule has 2 aromatic carbocycles. The van der Waals surface area contributed by atoms with E-state index < -0.39 is 22.0 Å². The van der Waals surface area contributed by atoms with Crippen molar-refractivity contribution in [2.45, 2.75) is 17.9 Å². The van der Waals surface area contributed by atoms with Gasteiger partial charge in [-0.05, 0) is 37.3 Å². The van der Waals surface area contributed by atoms with Gasteiger partial charge in [0.2, 0.25) is 15.9 Å². The van der Waals surface area contributed by atoms with Crippen LogP contribution in [-0.4, -0.2) is 44.7 Å². The summed E-state index contributed by atoms with van der Waals surface area (Å²) in [6.45, 7) is 1.55. The van der Waals surface area contributed by atoms with Crippen LogP contribution in [0.2, 0.25) is 0 Å². The summed E-state index contributed by atoms with van der Waals surface area (Å²) in [6, 6.07) is 13.7. The summed E-state index contributed by atoms with van der Waals surface area (Å²) in [7, 11) is -0.734. The molecule has 0 aliphatic heterocycles. The molecule has 8 heteroatoms. The van der Waals surface area contributed by atoms with Crippen molar-refractivity contribution >= 4 is 27.5 Å². The van der Waals surface area contributed by atoms with E-state index in [0.29, 0.717) is 11.3 Å². The molecule has 1 atom stereocenters. The second kappa shape index (κ2) is 8.11. The number of amides is 2. The van der Waals surface area contributed by atoms with Crippen molar-refractivity contribution < 1.29 is 18.0 Å². The van der Waals surface area contributed by atoms with E-state index in [1.54, 1.807) is 49.4 Å². The maximum Gasteiger partial charge on any atom is 0.251 e. The quantitative estimate of drug-likeness (QED) is 0.803. The first kappa shape index (κ1) is 19.6. The van der Waals surface area contributed by atoms with Crippen LogP contribution in [0.15, 0.2) is 59.5 Å². The number of nitrogens with one attached hydrogen (secondary N) is 2. The summed E-state index contributed by atoms with van der Waals surface area (Å²) < 4.78 is 25.4. The van der Waals surface area contributed by atoms with Crippen LogP contribution in [0.3, 0.4) is 0 Å².